The lowest BCUT2D eigenvalue weighted by Crippen LogP contribution is -2.39. The smallest absolute Gasteiger partial charge is 0.349 e. The molecule has 1 atom stereocenters. The molecule has 1 aromatic rings. The summed E-state index contributed by atoms with van der Waals surface area (Å²) in [5, 5.41) is 3.15. The zero-order valence-electron chi connectivity index (χ0n) is 12.2. The number of nitrogens with one attached hydrogen (secondary N) is 1. The number of hydrogen-bond acceptors (Lipinski definition) is 6. The molecule has 6 heteroatoms. The highest BCUT2D eigenvalue weighted by atomic mass is 16.6. The lowest BCUT2D eigenvalue weighted by Gasteiger charge is -2.25. The van der Waals surface area contributed by atoms with Crippen molar-refractivity contribution in [3.8, 4) is 5.75 Å². The van der Waals surface area contributed by atoms with Crippen LogP contribution in [0.1, 0.15) is 6.42 Å². The van der Waals surface area contributed by atoms with E-state index in [0.29, 0.717) is 32.1 Å². The van der Waals surface area contributed by atoms with E-state index in [-0.39, 0.29) is 12.6 Å². The van der Waals surface area contributed by atoms with E-state index in [4.69, 9.17) is 18.9 Å². The van der Waals surface area contributed by atoms with Crippen LogP contribution in [0.15, 0.2) is 24.3 Å². The summed E-state index contributed by atoms with van der Waals surface area (Å²) in [6.07, 6.45) is 0.213. The van der Waals surface area contributed by atoms with Crippen molar-refractivity contribution < 1.29 is 23.7 Å². The van der Waals surface area contributed by atoms with Gasteiger partial charge in [0.2, 0.25) is 6.10 Å². The van der Waals surface area contributed by atoms with Gasteiger partial charge in [0.1, 0.15) is 12.4 Å². The molecule has 1 unspecified atom stereocenters. The van der Waals surface area contributed by atoms with Gasteiger partial charge in [0.05, 0.1) is 18.8 Å². The van der Waals surface area contributed by atoms with Crippen LogP contribution in [0, 0.1) is 0 Å². The number of para-hydroxylation sites is 2. The summed E-state index contributed by atoms with van der Waals surface area (Å²) in [4.78, 5) is 11.9. The van der Waals surface area contributed by atoms with E-state index in [2.05, 4.69) is 5.32 Å². The van der Waals surface area contributed by atoms with E-state index in [9.17, 15) is 4.79 Å². The first-order valence-electron chi connectivity index (χ1n) is 7.04. The molecule has 0 radical (unpaired) electrons. The minimum Gasteiger partial charge on any atom is -0.475 e. The number of methoxy groups -OCH3 is 1. The second-order valence-corrected chi connectivity index (χ2v) is 4.61. The maximum absolute atomic E-state index is 11.9. The van der Waals surface area contributed by atoms with Gasteiger partial charge in [-0.3, -0.25) is 0 Å². The van der Waals surface area contributed by atoms with E-state index >= 15 is 0 Å². The zero-order chi connectivity index (χ0) is 14.9. The first-order chi connectivity index (χ1) is 10.3. The molecule has 1 aliphatic rings. The van der Waals surface area contributed by atoms with Crippen molar-refractivity contribution in [1.29, 1.82) is 0 Å². The number of ether oxygens (including phenoxy) is 4. The van der Waals surface area contributed by atoms with Crippen LogP contribution in [-0.2, 0) is 19.0 Å². The van der Waals surface area contributed by atoms with Gasteiger partial charge in [-0.1, -0.05) is 12.1 Å². The number of fused-ring (bicyclic) bond motifs is 1. The average molecular weight is 295 g/mol. The van der Waals surface area contributed by atoms with Gasteiger partial charge in [-0.25, -0.2) is 4.79 Å². The quantitative estimate of drug-likeness (QED) is 0.578. The summed E-state index contributed by atoms with van der Waals surface area (Å²) in [5.74, 6) is 0.291. The van der Waals surface area contributed by atoms with Gasteiger partial charge in [0.15, 0.2) is 0 Å². The Bertz CT molecular complexity index is 451. The molecular weight excluding hydrogens is 274 g/mol. The molecule has 2 rings (SSSR count). The molecule has 1 aromatic carbocycles. The van der Waals surface area contributed by atoms with Crippen LogP contribution in [0.5, 0.6) is 5.75 Å². The fourth-order valence-corrected chi connectivity index (χ4v) is 1.95. The van der Waals surface area contributed by atoms with Crippen molar-refractivity contribution in [3.05, 3.63) is 24.3 Å². The van der Waals surface area contributed by atoms with Gasteiger partial charge < -0.3 is 24.3 Å². The predicted molar refractivity (Wildman–Crippen MR) is 77.6 cm³/mol. The molecule has 0 aliphatic carbocycles. The third-order valence-corrected chi connectivity index (χ3v) is 3.01. The van der Waals surface area contributed by atoms with Gasteiger partial charge in [0.25, 0.3) is 0 Å². The number of hydrogen-bond donors (Lipinski definition) is 1. The Morgan fingerprint density at radius 3 is 3.00 bits per heavy atom. The fourth-order valence-electron chi connectivity index (χ4n) is 1.95. The largest absolute Gasteiger partial charge is 0.475 e. The molecule has 116 valence electrons. The number of carbonyl (C=O) groups excluding carboxylic acids is 1. The van der Waals surface area contributed by atoms with Crippen LogP contribution in [0.4, 0.5) is 5.69 Å². The average Bonchev–Trinajstić information content (AvgIpc) is 2.53. The van der Waals surface area contributed by atoms with Crippen LogP contribution in [0.25, 0.3) is 0 Å². The maximum Gasteiger partial charge on any atom is 0.349 e. The summed E-state index contributed by atoms with van der Waals surface area (Å²) >= 11 is 0. The second kappa shape index (κ2) is 8.49. The lowest BCUT2D eigenvalue weighted by molar-refractivity contribution is -0.153. The first kappa shape index (κ1) is 15.6. The van der Waals surface area contributed by atoms with Crippen LogP contribution in [-0.4, -0.2) is 52.2 Å². The molecule has 0 fully saturated rings. The van der Waals surface area contributed by atoms with Crippen molar-refractivity contribution in [2.75, 3.05) is 45.4 Å². The molecule has 0 amide bonds. The molecule has 1 aliphatic heterocycles. The van der Waals surface area contributed by atoms with Crippen molar-refractivity contribution in [3.63, 3.8) is 0 Å². The monoisotopic (exact) mass is 295 g/mol. The Hall–Kier alpha value is -1.79. The van der Waals surface area contributed by atoms with Gasteiger partial charge in [-0.05, 0) is 18.6 Å². The normalized spacial score (nSPS) is 16.5. The molecule has 0 spiro atoms. The highest BCUT2D eigenvalue weighted by Crippen LogP contribution is 2.28. The summed E-state index contributed by atoms with van der Waals surface area (Å²) in [6.45, 7) is 2.28. The van der Waals surface area contributed by atoms with Crippen molar-refractivity contribution in [1.82, 2.24) is 0 Å². The summed E-state index contributed by atoms with van der Waals surface area (Å²) in [5.41, 5.74) is 0.892. The number of anilines is 1. The number of esters is 1. The summed E-state index contributed by atoms with van der Waals surface area (Å²) in [6, 6.07) is 7.50. The topological polar surface area (TPSA) is 66.0 Å². The highest BCUT2D eigenvalue weighted by molar-refractivity contribution is 5.77. The number of benzene rings is 1. The lowest BCUT2D eigenvalue weighted by atomic mass is 10.2. The highest BCUT2D eigenvalue weighted by Gasteiger charge is 2.26. The Morgan fingerprint density at radius 2 is 2.14 bits per heavy atom. The Balaban J connectivity index is 1.64. The van der Waals surface area contributed by atoms with Gasteiger partial charge >= 0.3 is 5.97 Å². The van der Waals surface area contributed by atoms with Crippen molar-refractivity contribution in [2.24, 2.45) is 0 Å². The van der Waals surface area contributed by atoms with Crippen LogP contribution in [0.3, 0.4) is 0 Å². The van der Waals surface area contributed by atoms with E-state index < -0.39 is 6.10 Å². The molecule has 21 heavy (non-hydrogen) atoms. The third kappa shape index (κ3) is 4.91. The Kier molecular flexibility index (Phi) is 6.30. The standard InChI is InChI=1S/C15H21NO5/c1-18-7-4-8-19-9-10-20-15(17)14-11-16-12-5-2-3-6-13(12)21-14/h2-3,5-6,14,16H,4,7-11H2,1H3. The van der Waals surface area contributed by atoms with E-state index in [1.807, 2.05) is 24.3 Å². The van der Waals surface area contributed by atoms with Crippen LogP contribution < -0.4 is 10.1 Å². The fraction of sp³-hybridized carbons (Fsp3) is 0.533. The van der Waals surface area contributed by atoms with E-state index in [0.717, 1.165) is 12.1 Å². The predicted octanol–water partition coefficient (Wildman–Crippen LogP) is 1.46. The summed E-state index contributed by atoms with van der Waals surface area (Å²) in [7, 11) is 1.65. The second-order valence-electron chi connectivity index (χ2n) is 4.61. The van der Waals surface area contributed by atoms with Crippen LogP contribution >= 0.6 is 0 Å². The number of rotatable bonds is 8. The maximum atomic E-state index is 11.9. The minimum atomic E-state index is -0.617. The number of carbonyl (C=O) groups is 1. The zero-order valence-corrected chi connectivity index (χ0v) is 12.2. The molecule has 0 bridgehead atoms. The Morgan fingerprint density at radius 1 is 1.29 bits per heavy atom. The molecule has 0 saturated carbocycles. The van der Waals surface area contributed by atoms with Crippen molar-refractivity contribution >= 4 is 11.7 Å². The Labute approximate surface area is 124 Å². The molecule has 6 nitrogen and oxygen atoms in total. The van der Waals surface area contributed by atoms with Crippen LogP contribution in [0.2, 0.25) is 0 Å². The van der Waals surface area contributed by atoms with Gasteiger partial charge in [-0.15, -0.1) is 0 Å². The molecule has 1 heterocycles. The van der Waals surface area contributed by atoms with E-state index in [1.165, 1.54) is 0 Å². The molecule has 0 saturated heterocycles. The van der Waals surface area contributed by atoms with Gasteiger partial charge in [-0.2, -0.15) is 0 Å². The van der Waals surface area contributed by atoms with Gasteiger partial charge in [0, 0.05) is 20.3 Å². The first-order valence-corrected chi connectivity index (χ1v) is 7.04. The third-order valence-electron chi connectivity index (χ3n) is 3.01. The van der Waals surface area contributed by atoms with Crippen molar-refractivity contribution in [2.45, 2.75) is 12.5 Å². The molecule has 0 aromatic heterocycles. The molecule has 1 N–H and O–H groups in total. The SMILES string of the molecule is COCCCOCCOC(=O)C1CNc2ccccc2O1. The minimum absolute atomic E-state index is 0.229. The van der Waals surface area contributed by atoms with E-state index in [1.54, 1.807) is 7.11 Å². The molecular formula is C15H21NO5. The summed E-state index contributed by atoms with van der Waals surface area (Å²) < 4.78 is 21.0.